The Bertz CT molecular complexity index is 567. The lowest BCUT2D eigenvalue weighted by Crippen LogP contribution is -2.44. The van der Waals surface area contributed by atoms with Crippen molar-refractivity contribution in [3.63, 3.8) is 0 Å². The Labute approximate surface area is 139 Å². The minimum Gasteiger partial charge on any atom is -0.468 e. The Morgan fingerprint density at radius 1 is 1.43 bits per heavy atom. The van der Waals surface area contributed by atoms with E-state index in [0.29, 0.717) is 6.54 Å². The van der Waals surface area contributed by atoms with Gasteiger partial charge in [0.05, 0.1) is 13.7 Å². The maximum absolute atomic E-state index is 13.1. The minimum atomic E-state index is -0.483. The number of rotatable bonds is 5. The predicted octanol–water partition coefficient (Wildman–Crippen LogP) is 1.89. The first kappa shape index (κ1) is 17.7. The lowest BCUT2D eigenvalue weighted by atomic mass is 10.2. The number of likely N-dealkylation sites (N-methyl/N-ethyl adjacent to an activating group) is 1. The van der Waals surface area contributed by atoms with Gasteiger partial charge in [0.25, 0.3) is 0 Å². The zero-order valence-electron chi connectivity index (χ0n) is 13.5. The highest BCUT2D eigenvalue weighted by atomic mass is 32.2. The molecule has 0 spiro atoms. The highest BCUT2D eigenvalue weighted by Crippen LogP contribution is 2.37. The smallest absolute Gasteiger partial charge is 0.322 e. The second-order valence-electron chi connectivity index (χ2n) is 5.48. The third kappa shape index (κ3) is 4.23. The molecule has 1 heterocycles. The van der Waals surface area contributed by atoms with Crippen molar-refractivity contribution >= 4 is 23.6 Å². The van der Waals surface area contributed by atoms with E-state index in [1.807, 2.05) is 0 Å². The summed E-state index contributed by atoms with van der Waals surface area (Å²) in [7, 11) is 3.05. The number of carbonyl (C=O) groups excluding carboxylic acids is 2. The Morgan fingerprint density at radius 2 is 2.09 bits per heavy atom. The maximum atomic E-state index is 13.1. The molecule has 0 radical (unpaired) electrons. The van der Waals surface area contributed by atoms with Gasteiger partial charge in [0.1, 0.15) is 17.2 Å². The summed E-state index contributed by atoms with van der Waals surface area (Å²) in [6.45, 7) is 2.48. The Morgan fingerprint density at radius 3 is 2.70 bits per heavy atom. The number of esters is 1. The molecule has 1 aliphatic rings. The number of ether oxygens (including phenoxy) is 1. The quantitative estimate of drug-likeness (QED) is 0.766. The first-order chi connectivity index (χ1) is 10.9. The maximum Gasteiger partial charge on any atom is 0.322 e. The lowest BCUT2D eigenvalue weighted by molar-refractivity contribution is -0.146. The van der Waals surface area contributed by atoms with Crippen molar-refractivity contribution in [2.45, 2.75) is 18.3 Å². The molecular formula is C16H21FN2O3S. The third-order valence-corrected chi connectivity index (χ3v) is 5.22. The number of hydrogen-bond donors (Lipinski definition) is 0. The molecule has 1 fully saturated rings. The van der Waals surface area contributed by atoms with Crippen LogP contribution in [0.1, 0.15) is 17.9 Å². The predicted molar refractivity (Wildman–Crippen MR) is 87.4 cm³/mol. The van der Waals surface area contributed by atoms with Gasteiger partial charge in [0.2, 0.25) is 5.91 Å². The standard InChI is InChI=1S/C16H21FN2O3S/c1-11(16(21)22-3)18(2)10-14(20)19-8-9-23-15(19)12-4-6-13(17)7-5-12/h4-7,11,15H,8-10H2,1-3H3/t11-,15-/m1/s1. The lowest BCUT2D eigenvalue weighted by Gasteiger charge is -2.28. The number of nitrogens with zero attached hydrogens (tertiary/aromatic N) is 2. The Balaban J connectivity index is 2.03. The van der Waals surface area contributed by atoms with Gasteiger partial charge in [-0.25, -0.2) is 4.39 Å². The van der Waals surface area contributed by atoms with E-state index in [1.165, 1.54) is 19.2 Å². The van der Waals surface area contributed by atoms with E-state index in [4.69, 9.17) is 4.74 Å². The van der Waals surface area contributed by atoms with E-state index in [2.05, 4.69) is 0 Å². The molecule has 0 N–H and O–H groups in total. The molecule has 0 aromatic heterocycles. The molecule has 1 saturated heterocycles. The molecule has 23 heavy (non-hydrogen) atoms. The molecule has 1 aromatic rings. The zero-order chi connectivity index (χ0) is 17.0. The fraction of sp³-hybridized carbons (Fsp3) is 0.500. The van der Waals surface area contributed by atoms with E-state index in [9.17, 15) is 14.0 Å². The van der Waals surface area contributed by atoms with Crippen molar-refractivity contribution < 1.29 is 18.7 Å². The molecule has 0 bridgehead atoms. The average Bonchev–Trinajstić information content (AvgIpc) is 3.03. The van der Waals surface area contributed by atoms with Crippen molar-refractivity contribution in [3.05, 3.63) is 35.6 Å². The van der Waals surface area contributed by atoms with Gasteiger partial charge in [-0.15, -0.1) is 11.8 Å². The van der Waals surface area contributed by atoms with Crippen LogP contribution >= 0.6 is 11.8 Å². The molecule has 1 amide bonds. The normalized spacial score (nSPS) is 19.0. The van der Waals surface area contributed by atoms with Crippen LogP contribution in [0.2, 0.25) is 0 Å². The molecule has 1 aliphatic heterocycles. The highest BCUT2D eigenvalue weighted by Gasteiger charge is 2.32. The molecule has 0 saturated carbocycles. The van der Waals surface area contributed by atoms with Crippen LogP contribution in [-0.4, -0.2) is 60.7 Å². The van der Waals surface area contributed by atoms with Crippen molar-refractivity contribution in [3.8, 4) is 0 Å². The molecular weight excluding hydrogens is 319 g/mol. The summed E-state index contributed by atoms with van der Waals surface area (Å²) in [5.74, 6) is 0.124. The second kappa shape index (κ2) is 7.79. The largest absolute Gasteiger partial charge is 0.468 e. The molecule has 0 aliphatic carbocycles. The van der Waals surface area contributed by atoms with Crippen LogP contribution in [-0.2, 0) is 14.3 Å². The first-order valence-corrected chi connectivity index (χ1v) is 8.43. The van der Waals surface area contributed by atoms with Gasteiger partial charge in [0, 0.05) is 12.3 Å². The van der Waals surface area contributed by atoms with Crippen LogP contribution in [0.3, 0.4) is 0 Å². The summed E-state index contributed by atoms with van der Waals surface area (Å²) in [5.41, 5.74) is 0.908. The summed E-state index contributed by atoms with van der Waals surface area (Å²) in [6, 6.07) is 5.74. The van der Waals surface area contributed by atoms with Gasteiger partial charge in [-0.05, 0) is 31.7 Å². The number of thioether (sulfide) groups is 1. The van der Waals surface area contributed by atoms with Crippen LogP contribution in [0.5, 0.6) is 0 Å². The van der Waals surface area contributed by atoms with Crippen molar-refractivity contribution in [2.75, 3.05) is 33.0 Å². The highest BCUT2D eigenvalue weighted by molar-refractivity contribution is 7.99. The average molecular weight is 340 g/mol. The molecule has 7 heteroatoms. The van der Waals surface area contributed by atoms with Gasteiger partial charge in [0.15, 0.2) is 0 Å². The van der Waals surface area contributed by atoms with Crippen LogP contribution < -0.4 is 0 Å². The molecule has 126 valence electrons. The monoisotopic (exact) mass is 340 g/mol. The van der Waals surface area contributed by atoms with E-state index >= 15 is 0 Å². The van der Waals surface area contributed by atoms with Crippen molar-refractivity contribution in [1.82, 2.24) is 9.80 Å². The van der Waals surface area contributed by atoms with Crippen molar-refractivity contribution in [1.29, 1.82) is 0 Å². The summed E-state index contributed by atoms with van der Waals surface area (Å²) in [6.07, 6.45) is 0. The number of benzene rings is 1. The van der Waals surface area contributed by atoms with Gasteiger partial charge in [-0.1, -0.05) is 12.1 Å². The number of methoxy groups -OCH3 is 1. The van der Waals surface area contributed by atoms with E-state index < -0.39 is 6.04 Å². The number of amides is 1. The topological polar surface area (TPSA) is 49.9 Å². The SMILES string of the molecule is COC(=O)[C@@H](C)N(C)CC(=O)N1CCS[C@@H]1c1ccc(F)cc1. The van der Waals surface area contributed by atoms with E-state index in [0.717, 1.165) is 11.3 Å². The number of halogens is 1. The fourth-order valence-electron chi connectivity index (χ4n) is 2.42. The van der Waals surface area contributed by atoms with Crippen LogP contribution in [0.4, 0.5) is 4.39 Å². The van der Waals surface area contributed by atoms with Gasteiger partial charge in [-0.2, -0.15) is 0 Å². The fourth-order valence-corrected chi connectivity index (χ4v) is 3.70. The molecule has 1 aromatic carbocycles. The van der Waals surface area contributed by atoms with E-state index in [-0.39, 0.29) is 29.6 Å². The van der Waals surface area contributed by atoms with Crippen molar-refractivity contribution in [2.24, 2.45) is 0 Å². The summed E-state index contributed by atoms with van der Waals surface area (Å²) >= 11 is 1.66. The second-order valence-corrected chi connectivity index (χ2v) is 6.66. The van der Waals surface area contributed by atoms with Crippen LogP contribution in [0, 0.1) is 5.82 Å². The van der Waals surface area contributed by atoms with Crippen LogP contribution in [0.25, 0.3) is 0 Å². The summed E-state index contributed by atoms with van der Waals surface area (Å²) in [5, 5.41) is -0.107. The Hall–Kier alpha value is -1.60. The Kier molecular flexibility index (Phi) is 6.01. The minimum absolute atomic E-state index is 0.0532. The number of carbonyl (C=O) groups is 2. The van der Waals surface area contributed by atoms with E-state index in [1.54, 1.807) is 47.7 Å². The number of hydrogen-bond acceptors (Lipinski definition) is 5. The third-order valence-electron chi connectivity index (χ3n) is 3.95. The molecule has 0 unspecified atom stereocenters. The van der Waals surface area contributed by atoms with Crippen LogP contribution in [0.15, 0.2) is 24.3 Å². The molecule has 5 nitrogen and oxygen atoms in total. The zero-order valence-corrected chi connectivity index (χ0v) is 14.3. The van der Waals surface area contributed by atoms with Gasteiger partial charge in [-0.3, -0.25) is 14.5 Å². The molecule has 2 rings (SSSR count). The summed E-state index contributed by atoms with van der Waals surface area (Å²) < 4.78 is 17.8. The summed E-state index contributed by atoms with van der Waals surface area (Å²) in [4.78, 5) is 27.6. The first-order valence-electron chi connectivity index (χ1n) is 7.38. The van der Waals surface area contributed by atoms with Gasteiger partial charge < -0.3 is 9.64 Å². The van der Waals surface area contributed by atoms with Gasteiger partial charge >= 0.3 is 5.97 Å². The molecule has 2 atom stereocenters.